The summed E-state index contributed by atoms with van der Waals surface area (Å²) in [6, 6.07) is 12.2. The number of aromatic carboxylic acids is 2. The molecule has 0 bridgehead atoms. The van der Waals surface area contributed by atoms with Crippen molar-refractivity contribution in [3.63, 3.8) is 0 Å². The van der Waals surface area contributed by atoms with Gasteiger partial charge < -0.3 is 24.8 Å². The number of carboxylic acid groups (broad SMARTS) is 2. The molecule has 0 atom stereocenters. The molecule has 9 nitrogen and oxygen atoms in total. The largest absolute Gasteiger partial charge is 0.478 e. The molecule has 0 saturated carbocycles. The summed E-state index contributed by atoms with van der Waals surface area (Å²) >= 11 is 0. The van der Waals surface area contributed by atoms with Crippen LogP contribution in [0.2, 0.25) is 0 Å². The molecule has 3 N–H and O–H groups in total. The number of hydrogen-bond donors (Lipinski definition) is 3. The van der Waals surface area contributed by atoms with Crippen molar-refractivity contribution in [2.45, 2.75) is 162 Å². The lowest BCUT2D eigenvalue weighted by atomic mass is 10.1. The van der Waals surface area contributed by atoms with Crippen molar-refractivity contribution in [1.82, 2.24) is 0 Å². The molecule has 2 aromatic carbocycles. The van der Waals surface area contributed by atoms with Gasteiger partial charge in [0.2, 0.25) is 0 Å². The van der Waals surface area contributed by atoms with Gasteiger partial charge in [-0.05, 0) is 43.5 Å². The van der Waals surface area contributed by atoms with Crippen LogP contribution < -0.4 is 0 Å². The Hall–Kier alpha value is -3.72. The fourth-order valence-corrected chi connectivity index (χ4v) is 5.54. The van der Waals surface area contributed by atoms with E-state index in [9.17, 15) is 19.2 Å². The smallest absolute Gasteiger partial charge is 0.339 e. The Labute approximate surface area is 319 Å². The predicted molar refractivity (Wildman–Crippen MR) is 213 cm³/mol. The average Bonchev–Trinajstić information content (AvgIpc) is 3.17. The third-order valence-electron chi connectivity index (χ3n) is 8.73. The van der Waals surface area contributed by atoms with E-state index in [0.29, 0.717) is 30.9 Å². The summed E-state index contributed by atoms with van der Waals surface area (Å²) in [7, 11) is 0. The van der Waals surface area contributed by atoms with E-state index < -0.39 is 23.9 Å². The highest BCUT2D eigenvalue weighted by atomic mass is 16.5. The van der Waals surface area contributed by atoms with Crippen molar-refractivity contribution in [2.24, 2.45) is 0 Å². The molecule has 0 aliphatic rings. The molecule has 0 aliphatic carbocycles. The first-order valence-electron chi connectivity index (χ1n) is 20.3. The minimum atomic E-state index is -1.23. The van der Waals surface area contributed by atoms with Gasteiger partial charge >= 0.3 is 23.9 Å². The van der Waals surface area contributed by atoms with Gasteiger partial charge in [-0.2, -0.15) is 0 Å². The Kier molecular flexibility index (Phi) is 32.8. The maximum atomic E-state index is 12.4. The molecule has 2 rings (SSSR count). The van der Waals surface area contributed by atoms with Crippen LogP contribution in [0.3, 0.4) is 0 Å². The summed E-state index contributed by atoms with van der Waals surface area (Å²) in [6.45, 7) is 7.80. The van der Waals surface area contributed by atoms with Crippen molar-refractivity contribution in [2.75, 3.05) is 19.8 Å². The molecular weight excluding hydrogens is 672 g/mol. The lowest BCUT2D eigenvalue weighted by molar-refractivity contribution is 0.0450. The fraction of sp³-hybridized carbons (Fsp3) is 0.636. The van der Waals surface area contributed by atoms with Crippen LogP contribution in [0, 0.1) is 0 Å². The number of esters is 2. The number of rotatable bonds is 28. The number of aliphatic hydroxyl groups excluding tert-OH is 1. The molecule has 0 heterocycles. The third kappa shape index (κ3) is 26.7. The van der Waals surface area contributed by atoms with Crippen molar-refractivity contribution in [3.8, 4) is 0 Å². The van der Waals surface area contributed by atoms with Crippen LogP contribution in [0.1, 0.15) is 203 Å². The normalized spacial score (nSPS) is 10.3. The molecule has 0 saturated heterocycles. The Morgan fingerprint density at radius 1 is 0.415 bits per heavy atom. The lowest BCUT2D eigenvalue weighted by Crippen LogP contribution is -2.15. The number of carboxylic acids is 2. The highest BCUT2D eigenvalue weighted by molar-refractivity contribution is 6.03. The van der Waals surface area contributed by atoms with Crippen molar-refractivity contribution in [1.29, 1.82) is 0 Å². The number of benzene rings is 2. The lowest BCUT2D eigenvalue weighted by Gasteiger charge is -2.10. The van der Waals surface area contributed by atoms with Gasteiger partial charge in [0.15, 0.2) is 0 Å². The minimum absolute atomic E-state index is 0.190. The van der Waals surface area contributed by atoms with E-state index in [-0.39, 0.29) is 11.1 Å². The molecule has 300 valence electrons. The number of aliphatic hydroxyl groups is 1. The maximum absolute atomic E-state index is 12.4. The Bertz CT molecular complexity index is 1130. The SMILES string of the molecule is CCCCCCCCCCCCO.CCCCCCCCOC(=O)c1ccccc1C(=O)OCCCCCCCC.O=C(O)c1ccccc1C(=O)O. The van der Waals surface area contributed by atoms with Gasteiger partial charge in [-0.15, -0.1) is 0 Å². The number of carbonyl (C=O) groups excluding carboxylic acids is 2. The van der Waals surface area contributed by atoms with Gasteiger partial charge in [-0.3, -0.25) is 0 Å². The van der Waals surface area contributed by atoms with Gasteiger partial charge in [0, 0.05) is 6.61 Å². The summed E-state index contributed by atoms with van der Waals surface area (Å²) in [4.78, 5) is 45.6. The molecule has 0 amide bonds. The molecule has 53 heavy (non-hydrogen) atoms. The second-order valence-electron chi connectivity index (χ2n) is 13.4. The van der Waals surface area contributed by atoms with Crippen molar-refractivity contribution < 1.29 is 44.0 Å². The van der Waals surface area contributed by atoms with Crippen LogP contribution in [-0.4, -0.2) is 59.0 Å². The quantitative estimate of drug-likeness (QED) is 0.0572. The average molecular weight is 743 g/mol. The zero-order valence-electron chi connectivity index (χ0n) is 33.1. The van der Waals surface area contributed by atoms with E-state index in [1.807, 2.05) is 0 Å². The second kappa shape index (κ2) is 35.3. The van der Waals surface area contributed by atoms with Gasteiger partial charge in [0.25, 0.3) is 0 Å². The van der Waals surface area contributed by atoms with E-state index in [1.54, 1.807) is 24.3 Å². The molecule has 0 unspecified atom stereocenters. The second-order valence-corrected chi connectivity index (χ2v) is 13.4. The summed E-state index contributed by atoms with van der Waals surface area (Å²) in [5.41, 5.74) is 0.206. The molecule has 0 fully saturated rings. The van der Waals surface area contributed by atoms with Crippen LogP contribution in [0.5, 0.6) is 0 Å². The van der Waals surface area contributed by atoms with E-state index in [2.05, 4.69) is 20.8 Å². The van der Waals surface area contributed by atoms with Crippen LogP contribution in [0.15, 0.2) is 48.5 Å². The third-order valence-corrected chi connectivity index (χ3v) is 8.73. The van der Waals surface area contributed by atoms with Crippen LogP contribution in [0.4, 0.5) is 0 Å². The minimum Gasteiger partial charge on any atom is -0.478 e. The molecular formula is C44H70O9. The zero-order valence-corrected chi connectivity index (χ0v) is 33.1. The van der Waals surface area contributed by atoms with Crippen LogP contribution in [0.25, 0.3) is 0 Å². The van der Waals surface area contributed by atoms with Crippen molar-refractivity contribution in [3.05, 3.63) is 70.8 Å². The van der Waals surface area contributed by atoms with E-state index in [0.717, 1.165) is 32.1 Å². The van der Waals surface area contributed by atoms with E-state index in [4.69, 9.17) is 24.8 Å². The number of hydrogen-bond acceptors (Lipinski definition) is 7. The highest BCUT2D eigenvalue weighted by Gasteiger charge is 2.19. The maximum Gasteiger partial charge on any atom is 0.339 e. The zero-order chi connectivity index (χ0) is 39.4. The first-order valence-corrected chi connectivity index (χ1v) is 20.3. The monoisotopic (exact) mass is 743 g/mol. The Morgan fingerprint density at radius 2 is 0.679 bits per heavy atom. The van der Waals surface area contributed by atoms with E-state index >= 15 is 0 Å². The molecule has 9 heteroatoms. The molecule has 0 spiro atoms. The summed E-state index contributed by atoms with van der Waals surface area (Å²) in [5, 5.41) is 25.7. The fourth-order valence-electron chi connectivity index (χ4n) is 5.54. The molecule has 0 radical (unpaired) electrons. The molecule has 2 aromatic rings. The van der Waals surface area contributed by atoms with Gasteiger partial charge in [0.05, 0.1) is 35.5 Å². The first-order chi connectivity index (χ1) is 25.7. The van der Waals surface area contributed by atoms with Gasteiger partial charge in [-0.25, -0.2) is 19.2 Å². The summed E-state index contributed by atoms with van der Waals surface area (Å²) in [5.74, 6) is -3.35. The number of unbranched alkanes of at least 4 members (excludes halogenated alkanes) is 19. The topological polar surface area (TPSA) is 147 Å². The predicted octanol–water partition coefficient (Wildman–Crippen LogP) is 11.7. The summed E-state index contributed by atoms with van der Waals surface area (Å²) in [6.07, 6.45) is 26.9. The first kappa shape index (κ1) is 49.3. The van der Waals surface area contributed by atoms with Crippen LogP contribution in [-0.2, 0) is 9.47 Å². The van der Waals surface area contributed by atoms with E-state index in [1.165, 1.54) is 133 Å². The molecule has 0 aromatic heterocycles. The Morgan fingerprint density at radius 3 is 0.962 bits per heavy atom. The number of ether oxygens (including phenoxy) is 2. The highest BCUT2D eigenvalue weighted by Crippen LogP contribution is 2.15. The van der Waals surface area contributed by atoms with Crippen molar-refractivity contribution >= 4 is 23.9 Å². The van der Waals surface area contributed by atoms with Gasteiger partial charge in [-0.1, -0.05) is 167 Å². The number of carbonyl (C=O) groups is 4. The summed E-state index contributed by atoms with van der Waals surface area (Å²) < 4.78 is 10.7. The van der Waals surface area contributed by atoms with Crippen LogP contribution >= 0.6 is 0 Å². The Balaban J connectivity index is 0.000000891. The standard InChI is InChI=1S/C24H38O4.C12H26O.C8H6O4/c1-3-5-7-9-11-15-19-27-23(25)21-17-13-14-18-22(21)24(26)28-20-16-12-10-8-6-4-2;1-2-3-4-5-6-7-8-9-10-11-12-13;9-7(10)5-3-1-2-4-6(5)8(11)12/h13-14,17-18H,3-12,15-16,19-20H2,1-2H3;13H,2-12H2,1H3;1-4H,(H,9,10)(H,11,12). The van der Waals surface area contributed by atoms with Gasteiger partial charge in [0.1, 0.15) is 0 Å². The molecule has 0 aliphatic heterocycles.